The van der Waals surface area contributed by atoms with Gasteiger partial charge in [0.2, 0.25) is 5.91 Å². The van der Waals surface area contributed by atoms with Crippen LogP contribution in [0.15, 0.2) is 48.5 Å². The van der Waals surface area contributed by atoms with Crippen LogP contribution in [0, 0.1) is 21.4 Å². The molecule has 136 valence electrons. The average Bonchev–Trinajstić information content (AvgIpc) is 3.01. The van der Waals surface area contributed by atoms with Crippen molar-refractivity contribution in [1.82, 2.24) is 10.2 Å². The molecule has 1 aliphatic heterocycles. The maximum absolute atomic E-state index is 12.5. The molecule has 1 heterocycles. The quantitative estimate of drug-likeness (QED) is 0.643. The molecule has 0 spiro atoms. The van der Waals surface area contributed by atoms with Crippen molar-refractivity contribution in [3.8, 4) is 6.07 Å². The van der Waals surface area contributed by atoms with Crippen LogP contribution < -0.4 is 5.32 Å². The van der Waals surface area contributed by atoms with Crippen molar-refractivity contribution in [3.63, 3.8) is 0 Å². The first-order chi connectivity index (χ1) is 13.0. The largest absolute Gasteiger partial charge is 0.340 e. The molecule has 2 aromatic carbocycles. The fraction of sp³-hybridized carbons (Fsp3) is 0.211. The van der Waals surface area contributed by atoms with Crippen LogP contribution in [0.3, 0.4) is 0 Å². The number of nitriles is 1. The molecule has 0 unspecified atom stereocenters. The van der Waals surface area contributed by atoms with Crippen LogP contribution in [0.5, 0.6) is 0 Å². The van der Waals surface area contributed by atoms with Crippen molar-refractivity contribution in [2.24, 2.45) is 0 Å². The van der Waals surface area contributed by atoms with E-state index in [9.17, 15) is 19.7 Å². The van der Waals surface area contributed by atoms with E-state index in [1.54, 1.807) is 23.1 Å². The molecule has 1 fully saturated rings. The van der Waals surface area contributed by atoms with Gasteiger partial charge < -0.3 is 10.2 Å². The summed E-state index contributed by atoms with van der Waals surface area (Å²) in [5.41, 5.74) is 1.54. The van der Waals surface area contributed by atoms with Gasteiger partial charge in [-0.05, 0) is 36.2 Å². The molecule has 0 radical (unpaired) electrons. The normalized spacial score (nSPS) is 16.0. The molecule has 3 rings (SSSR count). The second-order valence-electron chi connectivity index (χ2n) is 6.19. The van der Waals surface area contributed by atoms with Crippen molar-refractivity contribution < 1.29 is 14.5 Å². The van der Waals surface area contributed by atoms with Crippen LogP contribution in [0.1, 0.15) is 27.9 Å². The van der Waals surface area contributed by atoms with Crippen molar-refractivity contribution >= 4 is 17.5 Å². The monoisotopic (exact) mass is 364 g/mol. The summed E-state index contributed by atoms with van der Waals surface area (Å²) in [6.07, 6.45) is 0.482. The van der Waals surface area contributed by atoms with Crippen molar-refractivity contribution in [2.75, 3.05) is 6.54 Å². The van der Waals surface area contributed by atoms with Gasteiger partial charge in [-0.2, -0.15) is 5.26 Å². The molecule has 0 saturated carbocycles. The van der Waals surface area contributed by atoms with Gasteiger partial charge in [-0.15, -0.1) is 0 Å². The van der Waals surface area contributed by atoms with Gasteiger partial charge in [-0.25, -0.2) is 0 Å². The molecular formula is C19H16N4O4. The zero-order valence-corrected chi connectivity index (χ0v) is 14.3. The number of nitro groups is 1. The van der Waals surface area contributed by atoms with Crippen LogP contribution in [0.4, 0.5) is 5.69 Å². The molecule has 8 nitrogen and oxygen atoms in total. The van der Waals surface area contributed by atoms with E-state index in [2.05, 4.69) is 11.4 Å². The van der Waals surface area contributed by atoms with E-state index in [0.29, 0.717) is 25.1 Å². The second-order valence-corrected chi connectivity index (χ2v) is 6.19. The van der Waals surface area contributed by atoms with Gasteiger partial charge in [0.1, 0.15) is 6.04 Å². The molecule has 0 aliphatic carbocycles. The first-order valence-corrected chi connectivity index (χ1v) is 8.31. The van der Waals surface area contributed by atoms with Gasteiger partial charge in [0.05, 0.1) is 16.6 Å². The topological polar surface area (TPSA) is 116 Å². The van der Waals surface area contributed by atoms with E-state index in [4.69, 9.17) is 5.26 Å². The third-order valence-corrected chi connectivity index (χ3v) is 4.37. The highest BCUT2D eigenvalue weighted by molar-refractivity contribution is 5.98. The standard InChI is InChI=1S/C19H16N4O4/c20-11-13-2-1-3-14(10-13)12-22-9-8-17(19(22)25)21-18(24)15-4-6-16(7-5-15)23(26)27/h1-7,10,17H,8-9,12H2,(H,21,24)/t17-/m0/s1. The number of nitrogens with zero attached hydrogens (tertiary/aromatic N) is 3. The predicted octanol–water partition coefficient (Wildman–Crippen LogP) is 2.00. The van der Waals surface area contributed by atoms with Crippen LogP contribution in [0.2, 0.25) is 0 Å². The molecule has 2 aromatic rings. The van der Waals surface area contributed by atoms with E-state index in [1.165, 1.54) is 24.3 Å². The third-order valence-electron chi connectivity index (χ3n) is 4.37. The average molecular weight is 364 g/mol. The fourth-order valence-electron chi connectivity index (χ4n) is 2.97. The maximum atomic E-state index is 12.5. The fourth-order valence-corrected chi connectivity index (χ4v) is 2.97. The lowest BCUT2D eigenvalue weighted by atomic mass is 10.1. The minimum atomic E-state index is -0.633. The number of carbonyl (C=O) groups excluding carboxylic acids is 2. The maximum Gasteiger partial charge on any atom is 0.269 e. The summed E-state index contributed by atoms with van der Waals surface area (Å²) in [4.78, 5) is 36.6. The molecule has 8 heteroatoms. The summed E-state index contributed by atoms with van der Waals surface area (Å²) >= 11 is 0. The Bertz CT molecular complexity index is 933. The highest BCUT2D eigenvalue weighted by atomic mass is 16.6. The Kier molecular flexibility index (Phi) is 5.13. The zero-order chi connectivity index (χ0) is 19.4. The summed E-state index contributed by atoms with van der Waals surface area (Å²) in [6.45, 7) is 0.874. The highest BCUT2D eigenvalue weighted by Crippen LogP contribution is 2.17. The number of nitrogens with one attached hydrogen (secondary N) is 1. The lowest BCUT2D eigenvalue weighted by Gasteiger charge is -2.17. The van der Waals surface area contributed by atoms with E-state index in [0.717, 1.165) is 5.56 Å². The van der Waals surface area contributed by atoms with Crippen LogP contribution in [-0.4, -0.2) is 34.2 Å². The number of nitro benzene ring substituents is 1. The van der Waals surface area contributed by atoms with Gasteiger partial charge in [-0.3, -0.25) is 19.7 Å². The number of amides is 2. The third kappa shape index (κ3) is 4.10. The molecule has 1 N–H and O–H groups in total. The molecule has 1 aliphatic rings. The Morgan fingerprint density at radius 1 is 1.30 bits per heavy atom. The van der Waals surface area contributed by atoms with Crippen LogP contribution >= 0.6 is 0 Å². The first-order valence-electron chi connectivity index (χ1n) is 8.31. The number of carbonyl (C=O) groups is 2. The van der Waals surface area contributed by atoms with Crippen molar-refractivity contribution in [3.05, 3.63) is 75.3 Å². The van der Waals surface area contributed by atoms with Gasteiger partial charge in [0, 0.05) is 30.8 Å². The molecule has 1 saturated heterocycles. The summed E-state index contributed by atoms with van der Waals surface area (Å²) < 4.78 is 0. The predicted molar refractivity (Wildman–Crippen MR) is 95.5 cm³/mol. The number of hydrogen-bond donors (Lipinski definition) is 1. The smallest absolute Gasteiger partial charge is 0.269 e. The molecule has 27 heavy (non-hydrogen) atoms. The van der Waals surface area contributed by atoms with Crippen LogP contribution in [0.25, 0.3) is 0 Å². The van der Waals surface area contributed by atoms with Crippen molar-refractivity contribution in [1.29, 1.82) is 5.26 Å². The molecule has 0 bridgehead atoms. The number of hydrogen-bond acceptors (Lipinski definition) is 5. The van der Waals surface area contributed by atoms with Gasteiger partial charge in [0.25, 0.3) is 11.6 Å². The number of likely N-dealkylation sites (tertiary alicyclic amines) is 1. The Balaban J connectivity index is 1.62. The minimum Gasteiger partial charge on any atom is -0.340 e. The van der Waals surface area contributed by atoms with Crippen molar-refractivity contribution in [2.45, 2.75) is 19.0 Å². The summed E-state index contributed by atoms with van der Waals surface area (Å²) in [5, 5.41) is 22.3. The number of non-ortho nitro benzene ring substituents is 1. The second kappa shape index (κ2) is 7.66. The first kappa shape index (κ1) is 18.1. The lowest BCUT2D eigenvalue weighted by molar-refractivity contribution is -0.384. The van der Waals surface area contributed by atoms with Crippen LogP contribution in [-0.2, 0) is 11.3 Å². The molecule has 2 amide bonds. The minimum absolute atomic E-state index is 0.103. The summed E-state index contributed by atoms with van der Waals surface area (Å²) in [7, 11) is 0. The Morgan fingerprint density at radius 3 is 2.70 bits per heavy atom. The van der Waals surface area contributed by atoms with E-state index in [1.807, 2.05) is 6.07 Å². The van der Waals surface area contributed by atoms with Gasteiger partial charge in [-0.1, -0.05) is 12.1 Å². The van der Waals surface area contributed by atoms with E-state index < -0.39 is 16.9 Å². The Morgan fingerprint density at radius 2 is 2.04 bits per heavy atom. The molecular weight excluding hydrogens is 348 g/mol. The molecule has 1 atom stereocenters. The van der Waals surface area contributed by atoms with Gasteiger partial charge in [0.15, 0.2) is 0 Å². The summed E-state index contributed by atoms with van der Waals surface area (Å²) in [6, 6.07) is 13.7. The highest BCUT2D eigenvalue weighted by Gasteiger charge is 2.32. The van der Waals surface area contributed by atoms with E-state index in [-0.39, 0.29) is 17.2 Å². The molecule has 0 aromatic heterocycles. The SMILES string of the molecule is N#Cc1cccc(CN2CC[C@H](NC(=O)c3ccc([N+](=O)[O-])cc3)C2=O)c1. The summed E-state index contributed by atoms with van der Waals surface area (Å²) in [5.74, 6) is -0.635. The van der Waals surface area contributed by atoms with Gasteiger partial charge >= 0.3 is 0 Å². The zero-order valence-electron chi connectivity index (χ0n) is 14.3. The Labute approximate surface area is 155 Å². The Hall–Kier alpha value is -3.73. The number of benzene rings is 2. The van der Waals surface area contributed by atoms with E-state index >= 15 is 0 Å². The lowest BCUT2D eigenvalue weighted by Crippen LogP contribution is -2.41. The number of rotatable bonds is 5.